The van der Waals surface area contributed by atoms with Crippen molar-refractivity contribution in [1.29, 1.82) is 0 Å². The molecular formula is C32H25ClN2O6S. The van der Waals surface area contributed by atoms with Crippen LogP contribution in [0.1, 0.15) is 28.4 Å². The number of hydrogen-bond donors (Lipinski definition) is 1. The fraction of sp³-hybridized carbons (Fsp3) is 0.125. The molecule has 1 saturated heterocycles. The van der Waals surface area contributed by atoms with Gasteiger partial charge in [-0.25, -0.2) is 4.79 Å². The fourth-order valence-electron chi connectivity index (χ4n) is 4.37. The molecule has 0 aliphatic carbocycles. The number of ether oxygens (including phenoxy) is 2. The number of nitrogens with zero attached hydrogens (tertiary/aromatic N) is 1. The molecule has 212 valence electrons. The molecule has 0 saturated carbocycles. The third-order valence-electron chi connectivity index (χ3n) is 6.35. The molecule has 5 rings (SSSR count). The predicted octanol–water partition coefficient (Wildman–Crippen LogP) is 6.92. The number of carbonyl (C=O) groups excluding carboxylic acids is 4. The zero-order valence-electron chi connectivity index (χ0n) is 22.5. The Balaban J connectivity index is 1.23. The molecule has 1 aliphatic heterocycles. The van der Waals surface area contributed by atoms with E-state index in [1.807, 2.05) is 30.3 Å². The van der Waals surface area contributed by atoms with Crippen molar-refractivity contribution in [1.82, 2.24) is 4.90 Å². The molecule has 42 heavy (non-hydrogen) atoms. The van der Waals surface area contributed by atoms with Crippen LogP contribution in [0, 0.1) is 0 Å². The maximum Gasteiger partial charge on any atom is 0.339 e. The van der Waals surface area contributed by atoms with Gasteiger partial charge in [-0.3, -0.25) is 19.3 Å². The van der Waals surface area contributed by atoms with Crippen LogP contribution >= 0.6 is 23.4 Å². The Morgan fingerprint density at radius 3 is 2.60 bits per heavy atom. The lowest BCUT2D eigenvalue weighted by Crippen LogP contribution is -2.36. The van der Waals surface area contributed by atoms with E-state index < -0.39 is 29.6 Å². The van der Waals surface area contributed by atoms with Crippen LogP contribution in [0.4, 0.5) is 10.5 Å². The number of rotatable bonds is 9. The summed E-state index contributed by atoms with van der Waals surface area (Å²) < 4.78 is 11.0. The molecule has 0 atom stereocenters. The summed E-state index contributed by atoms with van der Waals surface area (Å²) in [5.41, 5.74) is 2.09. The maximum absolute atomic E-state index is 13.0. The topological polar surface area (TPSA) is 102 Å². The average Bonchev–Trinajstić information content (AvgIpc) is 3.24. The van der Waals surface area contributed by atoms with Crippen LogP contribution in [0.5, 0.6) is 5.75 Å². The highest BCUT2D eigenvalue weighted by atomic mass is 35.5. The Morgan fingerprint density at radius 1 is 0.976 bits per heavy atom. The van der Waals surface area contributed by atoms with Crippen LogP contribution in [0.2, 0.25) is 5.02 Å². The van der Waals surface area contributed by atoms with E-state index >= 15 is 0 Å². The van der Waals surface area contributed by atoms with E-state index in [2.05, 4.69) is 23.5 Å². The first-order valence-electron chi connectivity index (χ1n) is 13.0. The van der Waals surface area contributed by atoms with Crippen molar-refractivity contribution in [2.45, 2.75) is 13.5 Å². The number of nitrogens with one attached hydrogen (secondary N) is 1. The minimum Gasteiger partial charge on any atom is -0.489 e. The maximum atomic E-state index is 13.0. The number of anilines is 1. The highest BCUT2D eigenvalue weighted by molar-refractivity contribution is 8.18. The van der Waals surface area contributed by atoms with Crippen molar-refractivity contribution in [3.8, 4) is 5.75 Å². The second kappa shape index (κ2) is 12.9. The molecule has 0 aromatic heterocycles. The number of fused-ring (bicyclic) bond motifs is 1. The molecule has 3 amide bonds. The van der Waals surface area contributed by atoms with Crippen LogP contribution in [0.15, 0.2) is 89.8 Å². The Morgan fingerprint density at radius 2 is 1.76 bits per heavy atom. The molecule has 4 aromatic carbocycles. The highest BCUT2D eigenvalue weighted by Gasteiger charge is 2.36. The molecule has 1 heterocycles. The number of esters is 1. The number of halogens is 1. The van der Waals surface area contributed by atoms with Gasteiger partial charge in [0.25, 0.3) is 11.1 Å². The predicted molar refractivity (Wildman–Crippen MR) is 163 cm³/mol. The van der Waals surface area contributed by atoms with Crippen molar-refractivity contribution in [3.63, 3.8) is 0 Å². The Hall–Kier alpha value is -4.60. The second-order valence-electron chi connectivity index (χ2n) is 9.23. The zero-order chi connectivity index (χ0) is 29.6. The molecule has 4 aromatic rings. The summed E-state index contributed by atoms with van der Waals surface area (Å²) in [6, 6.07) is 25.7. The van der Waals surface area contributed by atoms with E-state index in [4.69, 9.17) is 21.1 Å². The van der Waals surface area contributed by atoms with Crippen molar-refractivity contribution < 1.29 is 28.7 Å². The van der Waals surface area contributed by atoms with Gasteiger partial charge in [-0.15, -0.1) is 0 Å². The number of hydrogen-bond acceptors (Lipinski definition) is 7. The first kappa shape index (κ1) is 28.9. The van der Waals surface area contributed by atoms with E-state index in [1.165, 1.54) is 18.2 Å². The fourth-order valence-corrected chi connectivity index (χ4v) is 5.41. The second-order valence-corrected chi connectivity index (χ2v) is 10.6. The van der Waals surface area contributed by atoms with E-state index in [0.29, 0.717) is 17.9 Å². The van der Waals surface area contributed by atoms with Crippen LogP contribution in [-0.2, 0) is 20.9 Å². The average molecular weight is 601 g/mol. The summed E-state index contributed by atoms with van der Waals surface area (Å²) in [5, 5.41) is 4.44. The van der Waals surface area contributed by atoms with E-state index in [1.54, 1.807) is 31.2 Å². The molecule has 0 radical (unpaired) electrons. The van der Waals surface area contributed by atoms with Gasteiger partial charge in [0.2, 0.25) is 5.91 Å². The van der Waals surface area contributed by atoms with Gasteiger partial charge < -0.3 is 14.8 Å². The van der Waals surface area contributed by atoms with Gasteiger partial charge >= 0.3 is 5.97 Å². The summed E-state index contributed by atoms with van der Waals surface area (Å²) in [5.74, 6) is -1.21. The lowest BCUT2D eigenvalue weighted by atomic mass is 10.1. The molecule has 0 unspecified atom stereocenters. The molecule has 1 N–H and O–H groups in total. The molecule has 0 bridgehead atoms. The quantitative estimate of drug-likeness (QED) is 0.164. The van der Waals surface area contributed by atoms with Crippen molar-refractivity contribution in [2.24, 2.45) is 0 Å². The van der Waals surface area contributed by atoms with Gasteiger partial charge in [-0.05, 0) is 77.0 Å². The van der Waals surface area contributed by atoms with Gasteiger partial charge in [0.1, 0.15) is 18.9 Å². The Bertz CT molecular complexity index is 1730. The van der Waals surface area contributed by atoms with Gasteiger partial charge in [0.15, 0.2) is 0 Å². The smallest absolute Gasteiger partial charge is 0.339 e. The standard InChI is InChI=1S/C32H25ClN2O6S/c1-2-40-31(38)26-17-23(13-14-27(26)33)34-29(36)18-35-30(37)28(42-32(35)39)16-20-7-5-11-24(15-20)41-19-22-10-6-9-21-8-3-4-12-25(21)22/h3-17H,2,18-19H2,1H3,(H,34,36)/b28-16+. The molecule has 8 nitrogen and oxygen atoms in total. The normalized spacial score (nSPS) is 14.0. The zero-order valence-corrected chi connectivity index (χ0v) is 24.0. The highest BCUT2D eigenvalue weighted by Crippen LogP contribution is 2.33. The summed E-state index contributed by atoms with van der Waals surface area (Å²) >= 11 is 6.83. The van der Waals surface area contributed by atoms with Crippen LogP contribution in [0.25, 0.3) is 16.8 Å². The summed E-state index contributed by atoms with van der Waals surface area (Å²) in [4.78, 5) is 51.5. The minimum absolute atomic E-state index is 0.0914. The number of benzene rings is 4. The monoisotopic (exact) mass is 600 g/mol. The van der Waals surface area contributed by atoms with E-state index in [0.717, 1.165) is 33.0 Å². The Kier molecular flexibility index (Phi) is 8.90. The summed E-state index contributed by atoms with van der Waals surface area (Å²) in [6.45, 7) is 1.71. The van der Waals surface area contributed by atoms with Crippen molar-refractivity contribution >= 4 is 68.9 Å². The molecule has 1 aliphatic rings. The van der Waals surface area contributed by atoms with Gasteiger partial charge in [0.05, 0.1) is 22.1 Å². The number of carbonyl (C=O) groups is 4. The van der Waals surface area contributed by atoms with Crippen molar-refractivity contribution in [2.75, 3.05) is 18.5 Å². The van der Waals surface area contributed by atoms with Gasteiger partial charge in [-0.2, -0.15) is 0 Å². The lowest BCUT2D eigenvalue weighted by molar-refractivity contribution is -0.127. The minimum atomic E-state index is -0.627. The molecule has 1 fully saturated rings. The van der Waals surface area contributed by atoms with E-state index in [9.17, 15) is 19.2 Å². The first-order valence-corrected chi connectivity index (χ1v) is 14.2. The number of thioether (sulfide) groups is 1. The Labute approximate surface area is 251 Å². The van der Waals surface area contributed by atoms with Gasteiger partial charge in [-0.1, -0.05) is 66.2 Å². The van der Waals surface area contributed by atoms with Crippen LogP contribution < -0.4 is 10.1 Å². The van der Waals surface area contributed by atoms with Gasteiger partial charge in [0, 0.05) is 5.69 Å². The van der Waals surface area contributed by atoms with Crippen LogP contribution in [0.3, 0.4) is 0 Å². The molecular weight excluding hydrogens is 576 g/mol. The lowest BCUT2D eigenvalue weighted by Gasteiger charge is -2.13. The molecule has 10 heteroatoms. The van der Waals surface area contributed by atoms with E-state index in [-0.39, 0.29) is 27.8 Å². The number of imide groups is 1. The molecule has 0 spiro atoms. The summed E-state index contributed by atoms with van der Waals surface area (Å²) in [6.07, 6.45) is 1.60. The SMILES string of the molecule is CCOC(=O)c1cc(NC(=O)CN2C(=O)S/C(=C/c3cccc(OCc4cccc5ccccc45)c3)C2=O)ccc1Cl. The number of amides is 3. The third kappa shape index (κ3) is 6.64. The third-order valence-corrected chi connectivity index (χ3v) is 7.59. The van der Waals surface area contributed by atoms with Crippen molar-refractivity contribution in [3.05, 3.63) is 112 Å². The summed E-state index contributed by atoms with van der Waals surface area (Å²) in [7, 11) is 0. The largest absolute Gasteiger partial charge is 0.489 e. The first-order chi connectivity index (χ1) is 20.3. The van der Waals surface area contributed by atoms with Crippen LogP contribution in [-0.4, -0.2) is 41.1 Å².